The molecule has 0 spiro atoms. The van der Waals surface area contributed by atoms with Gasteiger partial charge in [0.25, 0.3) is 0 Å². The predicted octanol–water partition coefficient (Wildman–Crippen LogP) is 1.08. The minimum Gasteiger partial charge on any atom is -0.469 e. The lowest BCUT2D eigenvalue weighted by atomic mass is 9.75. The van der Waals surface area contributed by atoms with Crippen LogP contribution in [0.15, 0.2) is 0 Å². The molecule has 1 aliphatic heterocycles. The second-order valence-corrected chi connectivity index (χ2v) is 4.31. The van der Waals surface area contributed by atoms with Crippen LogP contribution in [0.4, 0.5) is 0 Å². The molecule has 2 unspecified atom stereocenters. The molecule has 2 N–H and O–H groups in total. The molecule has 0 bridgehead atoms. The van der Waals surface area contributed by atoms with Crippen molar-refractivity contribution in [3.63, 3.8) is 0 Å². The molecule has 1 fully saturated rings. The maximum atomic E-state index is 11.3. The Morgan fingerprint density at radius 1 is 1.67 bits per heavy atom. The first-order valence-corrected chi connectivity index (χ1v) is 5.54. The maximum Gasteiger partial charge on any atom is 0.306 e. The zero-order valence-electron chi connectivity index (χ0n) is 9.62. The Morgan fingerprint density at radius 2 is 2.40 bits per heavy atom. The topological polar surface area (TPSA) is 61.6 Å². The SMILES string of the molecule is CCC1CC(CN)(CC(=O)OC)CCO1. The van der Waals surface area contributed by atoms with Gasteiger partial charge in [-0.2, -0.15) is 0 Å². The lowest BCUT2D eigenvalue weighted by molar-refractivity contribution is -0.146. The van der Waals surface area contributed by atoms with Crippen LogP contribution in [0.25, 0.3) is 0 Å². The summed E-state index contributed by atoms with van der Waals surface area (Å²) in [4.78, 5) is 11.3. The summed E-state index contributed by atoms with van der Waals surface area (Å²) in [7, 11) is 1.42. The third-order valence-corrected chi connectivity index (χ3v) is 3.28. The largest absolute Gasteiger partial charge is 0.469 e. The van der Waals surface area contributed by atoms with Crippen LogP contribution in [-0.2, 0) is 14.3 Å². The van der Waals surface area contributed by atoms with Gasteiger partial charge >= 0.3 is 5.97 Å². The fraction of sp³-hybridized carbons (Fsp3) is 0.909. The number of rotatable bonds is 4. The Morgan fingerprint density at radius 3 is 2.93 bits per heavy atom. The fourth-order valence-corrected chi connectivity index (χ4v) is 2.14. The zero-order chi connectivity index (χ0) is 11.3. The summed E-state index contributed by atoms with van der Waals surface area (Å²) in [6.45, 7) is 3.32. The lowest BCUT2D eigenvalue weighted by Gasteiger charge is -2.39. The van der Waals surface area contributed by atoms with Gasteiger partial charge in [-0.25, -0.2) is 0 Å². The quantitative estimate of drug-likeness (QED) is 0.713. The minimum atomic E-state index is -0.169. The molecule has 1 aliphatic rings. The Labute approximate surface area is 91.1 Å². The first kappa shape index (κ1) is 12.5. The van der Waals surface area contributed by atoms with Gasteiger partial charge in [0, 0.05) is 6.61 Å². The first-order valence-electron chi connectivity index (χ1n) is 5.54. The van der Waals surface area contributed by atoms with E-state index in [1.54, 1.807) is 0 Å². The highest BCUT2D eigenvalue weighted by Gasteiger charge is 2.37. The van der Waals surface area contributed by atoms with Gasteiger partial charge in [-0.15, -0.1) is 0 Å². The summed E-state index contributed by atoms with van der Waals surface area (Å²) in [5, 5.41) is 0. The molecule has 2 atom stereocenters. The fourth-order valence-electron chi connectivity index (χ4n) is 2.14. The average molecular weight is 215 g/mol. The van der Waals surface area contributed by atoms with E-state index in [0.29, 0.717) is 19.6 Å². The van der Waals surface area contributed by atoms with Gasteiger partial charge in [0.2, 0.25) is 0 Å². The van der Waals surface area contributed by atoms with Gasteiger partial charge in [-0.05, 0) is 31.2 Å². The molecule has 0 radical (unpaired) electrons. The molecular weight excluding hydrogens is 194 g/mol. The summed E-state index contributed by atoms with van der Waals surface area (Å²) in [5.74, 6) is -0.169. The summed E-state index contributed by atoms with van der Waals surface area (Å²) in [5.41, 5.74) is 5.69. The van der Waals surface area contributed by atoms with Crippen LogP contribution < -0.4 is 5.73 Å². The van der Waals surface area contributed by atoms with Crippen molar-refractivity contribution in [2.24, 2.45) is 11.1 Å². The number of hydrogen-bond acceptors (Lipinski definition) is 4. The summed E-state index contributed by atoms with van der Waals surface area (Å²) >= 11 is 0. The molecule has 0 aliphatic carbocycles. The highest BCUT2D eigenvalue weighted by molar-refractivity contribution is 5.70. The zero-order valence-corrected chi connectivity index (χ0v) is 9.62. The van der Waals surface area contributed by atoms with Crippen molar-refractivity contribution in [1.82, 2.24) is 0 Å². The maximum absolute atomic E-state index is 11.3. The number of esters is 1. The average Bonchev–Trinajstić information content (AvgIpc) is 2.29. The Bertz CT molecular complexity index is 220. The van der Waals surface area contributed by atoms with E-state index in [1.807, 2.05) is 0 Å². The molecule has 1 saturated heterocycles. The van der Waals surface area contributed by atoms with E-state index in [9.17, 15) is 4.79 Å². The van der Waals surface area contributed by atoms with Crippen molar-refractivity contribution in [2.75, 3.05) is 20.3 Å². The number of carbonyl (C=O) groups is 1. The monoisotopic (exact) mass is 215 g/mol. The van der Waals surface area contributed by atoms with Crippen LogP contribution in [0.3, 0.4) is 0 Å². The highest BCUT2D eigenvalue weighted by atomic mass is 16.5. The lowest BCUT2D eigenvalue weighted by Crippen LogP contribution is -2.42. The molecular formula is C11H21NO3. The molecule has 1 rings (SSSR count). The van der Waals surface area contributed by atoms with Crippen LogP contribution >= 0.6 is 0 Å². The number of carbonyl (C=O) groups excluding carboxylic acids is 1. The minimum absolute atomic E-state index is 0.105. The number of ether oxygens (including phenoxy) is 2. The normalized spacial score (nSPS) is 31.3. The molecule has 0 amide bonds. The summed E-state index contributed by atoms with van der Waals surface area (Å²) in [6, 6.07) is 0. The number of hydrogen-bond donors (Lipinski definition) is 1. The Hall–Kier alpha value is -0.610. The van der Waals surface area contributed by atoms with E-state index in [1.165, 1.54) is 7.11 Å². The standard InChI is InChI=1S/C11H21NO3/c1-3-9-6-11(8-12,4-5-15-9)7-10(13)14-2/h9H,3-8,12H2,1-2H3. The van der Waals surface area contributed by atoms with E-state index in [-0.39, 0.29) is 17.5 Å². The van der Waals surface area contributed by atoms with Crippen molar-refractivity contribution in [3.05, 3.63) is 0 Å². The van der Waals surface area contributed by atoms with E-state index in [2.05, 4.69) is 6.92 Å². The van der Waals surface area contributed by atoms with Gasteiger partial charge in [-0.3, -0.25) is 4.79 Å². The van der Waals surface area contributed by atoms with Crippen LogP contribution in [0, 0.1) is 5.41 Å². The van der Waals surface area contributed by atoms with Gasteiger partial charge in [0.05, 0.1) is 19.6 Å². The van der Waals surface area contributed by atoms with Crippen LogP contribution in [0.2, 0.25) is 0 Å². The van der Waals surface area contributed by atoms with Crippen LogP contribution in [-0.4, -0.2) is 32.3 Å². The second-order valence-electron chi connectivity index (χ2n) is 4.31. The van der Waals surface area contributed by atoms with Crippen LogP contribution in [0.5, 0.6) is 0 Å². The van der Waals surface area contributed by atoms with E-state index >= 15 is 0 Å². The van der Waals surface area contributed by atoms with Gasteiger partial charge in [0.15, 0.2) is 0 Å². The Balaban J connectivity index is 2.61. The summed E-state index contributed by atoms with van der Waals surface area (Å²) in [6.07, 6.45) is 3.36. The second kappa shape index (κ2) is 5.47. The van der Waals surface area contributed by atoms with E-state index in [4.69, 9.17) is 15.2 Å². The molecule has 15 heavy (non-hydrogen) atoms. The highest BCUT2D eigenvalue weighted by Crippen LogP contribution is 2.37. The predicted molar refractivity (Wildman–Crippen MR) is 57.4 cm³/mol. The van der Waals surface area contributed by atoms with Crippen molar-refractivity contribution in [1.29, 1.82) is 0 Å². The Kier molecular flexibility index (Phi) is 4.54. The van der Waals surface area contributed by atoms with Gasteiger partial charge in [-0.1, -0.05) is 6.92 Å². The number of methoxy groups -OCH3 is 1. The molecule has 0 aromatic heterocycles. The molecule has 4 nitrogen and oxygen atoms in total. The van der Waals surface area contributed by atoms with Crippen molar-refractivity contribution in [2.45, 2.75) is 38.7 Å². The molecule has 0 aromatic rings. The van der Waals surface area contributed by atoms with E-state index < -0.39 is 0 Å². The third kappa shape index (κ3) is 3.18. The van der Waals surface area contributed by atoms with Gasteiger partial charge in [0.1, 0.15) is 0 Å². The third-order valence-electron chi connectivity index (χ3n) is 3.28. The first-order chi connectivity index (χ1) is 7.15. The van der Waals surface area contributed by atoms with Gasteiger partial charge < -0.3 is 15.2 Å². The molecule has 0 aromatic carbocycles. The van der Waals surface area contributed by atoms with Crippen LogP contribution in [0.1, 0.15) is 32.6 Å². The van der Waals surface area contributed by atoms with E-state index in [0.717, 1.165) is 19.3 Å². The van der Waals surface area contributed by atoms with Crippen molar-refractivity contribution in [3.8, 4) is 0 Å². The number of nitrogens with two attached hydrogens (primary N) is 1. The smallest absolute Gasteiger partial charge is 0.306 e. The molecule has 88 valence electrons. The van der Waals surface area contributed by atoms with Crippen molar-refractivity contribution < 1.29 is 14.3 Å². The summed E-state index contributed by atoms with van der Waals surface area (Å²) < 4.78 is 10.3. The van der Waals surface area contributed by atoms with Crippen molar-refractivity contribution >= 4 is 5.97 Å². The molecule has 0 saturated carbocycles. The molecule has 4 heteroatoms. The molecule has 1 heterocycles.